The number of likely N-dealkylation sites (N-methyl/N-ethyl adjacent to an activating group) is 1. The maximum absolute atomic E-state index is 5.83. The minimum absolute atomic E-state index is 0.753. The number of hydrogen-bond acceptors (Lipinski definition) is 2. The summed E-state index contributed by atoms with van der Waals surface area (Å²) in [7, 11) is 0. The van der Waals surface area contributed by atoms with Gasteiger partial charge in [0, 0.05) is 13.0 Å². The molecule has 0 aliphatic heterocycles. The highest BCUT2D eigenvalue weighted by atomic mass is 16.3. The highest BCUT2D eigenvalue weighted by Gasteiger charge is 2.17. The summed E-state index contributed by atoms with van der Waals surface area (Å²) in [5.41, 5.74) is 1.53. The van der Waals surface area contributed by atoms with Gasteiger partial charge in [-0.2, -0.15) is 0 Å². The van der Waals surface area contributed by atoms with Gasteiger partial charge in [0.1, 0.15) is 11.5 Å². The molecular weight excluding hydrogens is 234 g/mol. The summed E-state index contributed by atoms with van der Waals surface area (Å²) in [4.78, 5) is 0. The van der Waals surface area contributed by atoms with Gasteiger partial charge >= 0.3 is 0 Å². The van der Waals surface area contributed by atoms with Crippen molar-refractivity contribution in [3.63, 3.8) is 0 Å². The summed E-state index contributed by atoms with van der Waals surface area (Å²) in [6, 6.07) is 4.20. The number of furan rings is 1. The van der Waals surface area contributed by atoms with Gasteiger partial charge in [-0.25, -0.2) is 0 Å². The Morgan fingerprint density at radius 1 is 1.26 bits per heavy atom. The first-order valence-electron chi connectivity index (χ1n) is 7.83. The standard InChI is InChI=1S/C17H27NO/c1-3-16-10-11-17(19-16)12-15(13-18-4-2)14-8-6-5-7-9-14/h10-12,14,18H,3-9,13H2,1-2H3. The highest BCUT2D eigenvalue weighted by Crippen LogP contribution is 2.30. The van der Waals surface area contributed by atoms with Gasteiger partial charge in [-0.3, -0.25) is 0 Å². The molecule has 0 radical (unpaired) electrons. The molecule has 0 amide bonds. The van der Waals surface area contributed by atoms with E-state index in [1.807, 2.05) is 0 Å². The van der Waals surface area contributed by atoms with Crippen LogP contribution in [0.5, 0.6) is 0 Å². The Morgan fingerprint density at radius 3 is 2.68 bits per heavy atom. The molecule has 0 saturated heterocycles. The molecule has 1 aromatic heterocycles. The SMILES string of the molecule is CCNCC(=Cc1ccc(CC)o1)C1CCCCC1. The topological polar surface area (TPSA) is 25.2 Å². The maximum atomic E-state index is 5.83. The van der Waals surface area contributed by atoms with Gasteiger partial charge < -0.3 is 9.73 Å². The van der Waals surface area contributed by atoms with Crippen molar-refractivity contribution in [2.24, 2.45) is 5.92 Å². The van der Waals surface area contributed by atoms with Crippen LogP contribution in [0, 0.1) is 5.92 Å². The highest BCUT2D eigenvalue weighted by molar-refractivity contribution is 5.49. The minimum atomic E-state index is 0.753. The van der Waals surface area contributed by atoms with Crippen LogP contribution in [0.2, 0.25) is 0 Å². The fourth-order valence-electron chi connectivity index (χ4n) is 2.90. The zero-order valence-corrected chi connectivity index (χ0v) is 12.4. The first-order chi connectivity index (χ1) is 9.33. The summed E-state index contributed by atoms with van der Waals surface area (Å²) >= 11 is 0. The third kappa shape index (κ3) is 4.24. The minimum Gasteiger partial charge on any atom is -0.462 e. The van der Waals surface area contributed by atoms with E-state index in [1.54, 1.807) is 0 Å². The quantitative estimate of drug-likeness (QED) is 0.820. The van der Waals surface area contributed by atoms with Crippen LogP contribution in [-0.4, -0.2) is 13.1 Å². The first-order valence-corrected chi connectivity index (χ1v) is 7.83. The van der Waals surface area contributed by atoms with E-state index in [0.29, 0.717) is 0 Å². The second-order valence-electron chi connectivity index (χ2n) is 5.49. The van der Waals surface area contributed by atoms with E-state index in [2.05, 4.69) is 37.4 Å². The molecule has 0 spiro atoms. The van der Waals surface area contributed by atoms with E-state index in [4.69, 9.17) is 4.42 Å². The van der Waals surface area contributed by atoms with E-state index in [0.717, 1.165) is 36.9 Å². The number of aryl methyl sites for hydroxylation is 1. The third-order valence-electron chi connectivity index (χ3n) is 4.07. The molecule has 1 aromatic rings. The Kier molecular flexibility index (Phi) is 5.71. The van der Waals surface area contributed by atoms with E-state index < -0.39 is 0 Å². The van der Waals surface area contributed by atoms with Gasteiger partial charge in [0.05, 0.1) is 0 Å². The summed E-state index contributed by atoms with van der Waals surface area (Å²) < 4.78 is 5.83. The average Bonchev–Trinajstić information content (AvgIpc) is 2.92. The Hall–Kier alpha value is -1.02. The van der Waals surface area contributed by atoms with Crippen LogP contribution in [0.4, 0.5) is 0 Å². The Balaban J connectivity index is 2.10. The summed E-state index contributed by atoms with van der Waals surface area (Å²) in [6.07, 6.45) is 10.1. The number of nitrogens with one attached hydrogen (secondary N) is 1. The molecule has 2 rings (SSSR count). The van der Waals surface area contributed by atoms with Crippen molar-refractivity contribution in [1.29, 1.82) is 0 Å². The predicted molar refractivity (Wildman–Crippen MR) is 81.2 cm³/mol. The lowest BCUT2D eigenvalue weighted by Crippen LogP contribution is -2.22. The Morgan fingerprint density at radius 2 is 2.05 bits per heavy atom. The van der Waals surface area contributed by atoms with Crippen LogP contribution >= 0.6 is 0 Å². The predicted octanol–water partition coefficient (Wildman–Crippen LogP) is 4.42. The van der Waals surface area contributed by atoms with Gasteiger partial charge in [0.25, 0.3) is 0 Å². The molecule has 1 aliphatic rings. The van der Waals surface area contributed by atoms with Gasteiger partial charge in [0.2, 0.25) is 0 Å². The molecular formula is C17H27NO. The molecule has 1 aliphatic carbocycles. The summed E-state index contributed by atoms with van der Waals surface area (Å²) in [5.74, 6) is 2.86. The van der Waals surface area contributed by atoms with Gasteiger partial charge in [-0.1, -0.05) is 33.1 Å². The zero-order valence-electron chi connectivity index (χ0n) is 12.4. The van der Waals surface area contributed by atoms with Crippen LogP contribution in [0.3, 0.4) is 0 Å². The second-order valence-corrected chi connectivity index (χ2v) is 5.49. The monoisotopic (exact) mass is 261 g/mol. The molecule has 1 saturated carbocycles. The average molecular weight is 261 g/mol. The van der Waals surface area contributed by atoms with E-state index >= 15 is 0 Å². The van der Waals surface area contributed by atoms with E-state index in [9.17, 15) is 0 Å². The Labute approximate surface area is 117 Å². The maximum Gasteiger partial charge on any atom is 0.127 e. The molecule has 2 heteroatoms. The molecule has 1 N–H and O–H groups in total. The van der Waals surface area contributed by atoms with Crippen LogP contribution in [0.1, 0.15) is 57.5 Å². The van der Waals surface area contributed by atoms with Crippen LogP contribution < -0.4 is 5.32 Å². The lowest BCUT2D eigenvalue weighted by molar-refractivity contribution is 0.396. The first kappa shape index (κ1) is 14.4. The molecule has 1 fully saturated rings. The number of hydrogen-bond donors (Lipinski definition) is 1. The van der Waals surface area contributed by atoms with Crippen molar-refractivity contribution < 1.29 is 4.42 Å². The Bertz CT molecular complexity index is 399. The van der Waals surface area contributed by atoms with Crippen molar-refractivity contribution in [3.05, 3.63) is 29.2 Å². The normalized spacial score (nSPS) is 17.9. The smallest absolute Gasteiger partial charge is 0.127 e. The fourth-order valence-corrected chi connectivity index (χ4v) is 2.90. The molecule has 0 atom stereocenters. The summed E-state index contributed by atoms with van der Waals surface area (Å²) in [5, 5.41) is 3.48. The lowest BCUT2D eigenvalue weighted by Gasteiger charge is -2.24. The molecule has 0 bridgehead atoms. The fraction of sp³-hybridized carbons (Fsp3) is 0.647. The van der Waals surface area contributed by atoms with Crippen molar-refractivity contribution in [2.45, 2.75) is 52.4 Å². The summed E-state index contributed by atoms with van der Waals surface area (Å²) in [6.45, 7) is 6.33. The van der Waals surface area contributed by atoms with Crippen molar-refractivity contribution >= 4 is 6.08 Å². The zero-order chi connectivity index (χ0) is 13.5. The van der Waals surface area contributed by atoms with Crippen molar-refractivity contribution in [1.82, 2.24) is 5.32 Å². The number of rotatable bonds is 6. The van der Waals surface area contributed by atoms with Crippen LogP contribution in [-0.2, 0) is 6.42 Å². The molecule has 0 aromatic carbocycles. The largest absolute Gasteiger partial charge is 0.462 e. The lowest BCUT2D eigenvalue weighted by atomic mass is 9.83. The molecule has 1 heterocycles. The van der Waals surface area contributed by atoms with Gasteiger partial charge in [-0.05, 0) is 49.1 Å². The van der Waals surface area contributed by atoms with Gasteiger partial charge in [0.15, 0.2) is 0 Å². The molecule has 0 unspecified atom stereocenters. The van der Waals surface area contributed by atoms with Crippen LogP contribution in [0.25, 0.3) is 6.08 Å². The van der Waals surface area contributed by atoms with E-state index in [-0.39, 0.29) is 0 Å². The third-order valence-corrected chi connectivity index (χ3v) is 4.07. The van der Waals surface area contributed by atoms with Crippen molar-refractivity contribution in [2.75, 3.05) is 13.1 Å². The molecule has 106 valence electrons. The van der Waals surface area contributed by atoms with E-state index in [1.165, 1.54) is 37.7 Å². The second kappa shape index (κ2) is 7.54. The van der Waals surface area contributed by atoms with Crippen LogP contribution in [0.15, 0.2) is 22.1 Å². The van der Waals surface area contributed by atoms with Gasteiger partial charge in [-0.15, -0.1) is 0 Å². The molecule has 19 heavy (non-hydrogen) atoms. The molecule has 2 nitrogen and oxygen atoms in total. The van der Waals surface area contributed by atoms with Crippen molar-refractivity contribution in [3.8, 4) is 0 Å².